The summed E-state index contributed by atoms with van der Waals surface area (Å²) in [6, 6.07) is 20.2. The van der Waals surface area contributed by atoms with Gasteiger partial charge in [-0.15, -0.1) is 0 Å². The van der Waals surface area contributed by atoms with Crippen molar-refractivity contribution in [1.82, 2.24) is 0 Å². The van der Waals surface area contributed by atoms with Gasteiger partial charge in [0.15, 0.2) is 0 Å². The van der Waals surface area contributed by atoms with E-state index < -0.39 is 0 Å². The highest BCUT2D eigenvalue weighted by molar-refractivity contribution is 6.36. The van der Waals surface area contributed by atoms with Gasteiger partial charge in [0.1, 0.15) is 0 Å². The van der Waals surface area contributed by atoms with E-state index in [2.05, 4.69) is 72.8 Å². The van der Waals surface area contributed by atoms with Gasteiger partial charge >= 0.3 is 0 Å². The Morgan fingerprint density at radius 2 is 1.14 bits per heavy atom. The molecule has 0 fully saturated rings. The molecule has 2 aliphatic carbocycles. The molecule has 102 valence electrons. The molecular weight excluding hydrogens is 268 g/mol. The van der Waals surface area contributed by atoms with Crippen LogP contribution in [0.3, 0.4) is 0 Å². The number of fused-ring (bicyclic) bond motifs is 2. The second kappa shape index (κ2) is 5.49. The van der Waals surface area contributed by atoms with Crippen LogP contribution in [0.15, 0.2) is 60.7 Å². The molecule has 0 amide bonds. The molecule has 2 radical (unpaired) electrons. The summed E-state index contributed by atoms with van der Waals surface area (Å²) in [4.78, 5) is 0. The van der Waals surface area contributed by atoms with E-state index in [1.165, 1.54) is 34.3 Å². The Kier molecular flexibility index (Phi) is 3.36. The first-order chi connectivity index (χ1) is 10.4. The highest BCUT2D eigenvalue weighted by atomic mass is 28.2. The summed E-state index contributed by atoms with van der Waals surface area (Å²) >= 11 is 0. The quantitative estimate of drug-likeness (QED) is 0.682. The monoisotopic (exact) mass is 286 g/mol. The first kappa shape index (κ1) is 12.8. The topological polar surface area (TPSA) is 0 Å². The van der Waals surface area contributed by atoms with Crippen LogP contribution >= 0.6 is 0 Å². The van der Waals surface area contributed by atoms with Crippen molar-refractivity contribution in [3.05, 3.63) is 82.9 Å². The lowest BCUT2D eigenvalue weighted by molar-refractivity contribution is 0.935. The summed E-state index contributed by atoms with van der Waals surface area (Å²) in [7, 11) is 1.02. The third-order valence-electron chi connectivity index (χ3n) is 4.54. The maximum Gasteiger partial charge on any atom is 0.0397 e. The lowest BCUT2D eigenvalue weighted by atomic mass is 10.0. The van der Waals surface area contributed by atoms with Crippen LogP contribution < -0.4 is 0 Å². The molecule has 2 atom stereocenters. The Balaban J connectivity index is 1.38. The average molecular weight is 286 g/mol. The van der Waals surface area contributed by atoms with E-state index in [0.717, 1.165) is 9.52 Å². The second-order valence-corrected chi connectivity index (χ2v) is 7.16. The van der Waals surface area contributed by atoms with Crippen LogP contribution in [-0.4, -0.2) is 9.52 Å². The van der Waals surface area contributed by atoms with Gasteiger partial charge in [0.2, 0.25) is 0 Å². The average Bonchev–Trinajstić information content (AvgIpc) is 3.13. The molecule has 2 aromatic rings. The first-order valence-corrected chi connectivity index (χ1v) is 9.08. The minimum Gasteiger partial charge on any atom is -0.0767 e. The molecule has 2 aromatic carbocycles. The Morgan fingerprint density at radius 3 is 1.67 bits per heavy atom. The SMILES string of the molecule is C1=CC(C[Si]CC2C=Cc3ccccc32)c2ccccc21. The van der Waals surface area contributed by atoms with Gasteiger partial charge in [0.05, 0.1) is 0 Å². The molecule has 0 spiro atoms. The second-order valence-electron chi connectivity index (χ2n) is 5.85. The summed E-state index contributed by atoms with van der Waals surface area (Å²) in [6.45, 7) is 0. The molecule has 0 aliphatic heterocycles. The summed E-state index contributed by atoms with van der Waals surface area (Å²) < 4.78 is 0. The molecule has 2 unspecified atom stereocenters. The molecule has 1 heteroatoms. The molecule has 2 aliphatic rings. The minimum atomic E-state index is 0.639. The smallest absolute Gasteiger partial charge is 0.0397 e. The fraction of sp³-hybridized carbons (Fsp3) is 0.200. The van der Waals surface area contributed by atoms with E-state index in [1.807, 2.05) is 0 Å². The van der Waals surface area contributed by atoms with Gasteiger partial charge in [-0.1, -0.05) is 84.9 Å². The van der Waals surface area contributed by atoms with Crippen LogP contribution in [0.4, 0.5) is 0 Å². The molecule has 0 aromatic heterocycles. The van der Waals surface area contributed by atoms with E-state index in [1.54, 1.807) is 0 Å². The van der Waals surface area contributed by atoms with Crippen LogP contribution in [0.5, 0.6) is 0 Å². The predicted octanol–water partition coefficient (Wildman–Crippen LogP) is 5.15. The van der Waals surface area contributed by atoms with E-state index in [-0.39, 0.29) is 0 Å². The van der Waals surface area contributed by atoms with Crippen molar-refractivity contribution in [2.24, 2.45) is 0 Å². The Morgan fingerprint density at radius 1 is 0.667 bits per heavy atom. The van der Waals surface area contributed by atoms with Crippen molar-refractivity contribution in [3.8, 4) is 0 Å². The van der Waals surface area contributed by atoms with Crippen molar-refractivity contribution in [3.63, 3.8) is 0 Å². The van der Waals surface area contributed by atoms with Gasteiger partial charge in [0, 0.05) is 9.52 Å². The highest BCUT2D eigenvalue weighted by Gasteiger charge is 2.19. The van der Waals surface area contributed by atoms with Crippen molar-refractivity contribution in [1.29, 1.82) is 0 Å². The van der Waals surface area contributed by atoms with Crippen molar-refractivity contribution in [2.75, 3.05) is 0 Å². The lowest BCUT2D eigenvalue weighted by Crippen LogP contribution is -2.03. The molecule has 0 nitrogen and oxygen atoms in total. The van der Waals surface area contributed by atoms with E-state index in [4.69, 9.17) is 0 Å². The number of benzene rings is 2. The number of hydrogen-bond acceptors (Lipinski definition) is 0. The zero-order valence-corrected chi connectivity index (χ0v) is 13.0. The zero-order chi connectivity index (χ0) is 14.1. The summed E-state index contributed by atoms with van der Waals surface area (Å²) in [6.07, 6.45) is 9.34. The van der Waals surface area contributed by atoms with Gasteiger partial charge in [0.25, 0.3) is 0 Å². The minimum absolute atomic E-state index is 0.639. The van der Waals surface area contributed by atoms with Crippen LogP contribution in [0.2, 0.25) is 12.1 Å². The van der Waals surface area contributed by atoms with Crippen LogP contribution in [0.1, 0.15) is 34.1 Å². The number of hydrogen-bond donors (Lipinski definition) is 0. The third kappa shape index (κ3) is 2.42. The zero-order valence-electron chi connectivity index (χ0n) is 12.0. The predicted molar refractivity (Wildman–Crippen MR) is 91.8 cm³/mol. The Labute approximate surface area is 129 Å². The summed E-state index contributed by atoms with van der Waals surface area (Å²) in [5, 5.41) is 0. The fourth-order valence-electron chi connectivity index (χ4n) is 3.40. The normalized spacial score (nSPS) is 21.5. The van der Waals surface area contributed by atoms with Gasteiger partial charge < -0.3 is 0 Å². The molecule has 0 bridgehead atoms. The molecule has 4 rings (SSSR count). The Hall–Kier alpha value is -1.86. The fourth-order valence-corrected chi connectivity index (χ4v) is 4.90. The maximum absolute atomic E-state index is 2.39. The molecule has 0 heterocycles. The van der Waals surface area contributed by atoms with Gasteiger partial charge in [-0.05, 0) is 34.1 Å². The molecule has 0 saturated heterocycles. The van der Waals surface area contributed by atoms with Crippen molar-refractivity contribution in [2.45, 2.75) is 23.9 Å². The largest absolute Gasteiger partial charge is 0.0767 e. The van der Waals surface area contributed by atoms with Crippen molar-refractivity contribution < 1.29 is 0 Å². The molecule has 0 saturated carbocycles. The maximum atomic E-state index is 2.39. The summed E-state index contributed by atoms with van der Waals surface area (Å²) in [5.41, 5.74) is 5.87. The number of allylic oxidation sites excluding steroid dienone is 2. The van der Waals surface area contributed by atoms with Crippen LogP contribution in [-0.2, 0) is 0 Å². The van der Waals surface area contributed by atoms with Crippen LogP contribution in [0.25, 0.3) is 12.2 Å². The third-order valence-corrected chi connectivity index (χ3v) is 5.99. The first-order valence-electron chi connectivity index (χ1n) is 7.67. The van der Waals surface area contributed by atoms with Crippen LogP contribution in [0, 0.1) is 0 Å². The molecular formula is C20H18Si. The van der Waals surface area contributed by atoms with E-state index in [0.29, 0.717) is 11.8 Å². The summed E-state index contributed by atoms with van der Waals surface area (Å²) in [5.74, 6) is 1.28. The standard InChI is InChI=1S/C20H18Si/c1-3-7-19-15(5-1)9-11-17(19)13-21-14-18-12-10-16-6-2-4-8-20(16)18/h1-12,17-18H,13-14H2. The lowest BCUT2D eigenvalue weighted by Gasteiger charge is -2.13. The van der Waals surface area contributed by atoms with E-state index in [9.17, 15) is 0 Å². The van der Waals surface area contributed by atoms with Crippen molar-refractivity contribution >= 4 is 21.7 Å². The van der Waals surface area contributed by atoms with Gasteiger partial charge in [-0.25, -0.2) is 0 Å². The van der Waals surface area contributed by atoms with Gasteiger partial charge in [-0.3, -0.25) is 0 Å². The Bertz CT molecular complexity index is 650. The highest BCUT2D eigenvalue weighted by Crippen LogP contribution is 2.35. The number of rotatable bonds is 4. The van der Waals surface area contributed by atoms with Gasteiger partial charge in [-0.2, -0.15) is 0 Å². The molecule has 0 N–H and O–H groups in total. The molecule has 21 heavy (non-hydrogen) atoms. The van der Waals surface area contributed by atoms with E-state index >= 15 is 0 Å².